The van der Waals surface area contributed by atoms with Crippen LogP contribution in [0.25, 0.3) is 10.1 Å². The summed E-state index contributed by atoms with van der Waals surface area (Å²) in [4.78, 5) is 5.01. The molecule has 0 saturated heterocycles. The summed E-state index contributed by atoms with van der Waals surface area (Å²) in [6, 6.07) is 16.7. The van der Waals surface area contributed by atoms with Crippen molar-refractivity contribution in [1.82, 2.24) is 10.6 Å². The predicted molar refractivity (Wildman–Crippen MR) is 101 cm³/mol. The second kappa shape index (κ2) is 8.09. The van der Waals surface area contributed by atoms with Crippen molar-refractivity contribution in [2.45, 2.75) is 12.6 Å². The number of aliphatic hydroxyl groups is 1. The van der Waals surface area contributed by atoms with Crippen LogP contribution in [0.15, 0.2) is 59.6 Å². The zero-order valence-corrected chi connectivity index (χ0v) is 14.7. The van der Waals surface area contributed by atoms with Crippen LogP contribution in [0.5, 0.6) is 0 Å². The van der Waals surface area contributed by atoms with Gasteiger partial charge in [0.2, 0.25) is 0 Å². The summed E-state index contributed by atoms with van der Waals surface area (Å²) in [6.45, 7) is 0.648. The molecule has 3 aromatic rings. The molecule has 0 fully saturated rings. The number of nitrogens with zero attached hydrogens (tertiary/aromatic N) is 1. The lowest BCUT2D eigenvalue weighted by Crippen LogP contribution is -2.39. The molecule has 0 spiro atoms. The first-order valence-corrected chi connectivity index (χ1v) is 8.83. The van der Waals surface area contributed by atoms with Crippen LogP contribution in [-0.2, 0) is 6.54 Å². The van der Waals surface area contributed by atoms with Crippen molar-refractivity contribution in [3.8, 4) is 0 Å². The Bertz CT molecular complexity index is 845. The van der Waals surface area contributed by atoms with Gasteiger partial charge in [0.1, 0.15) is 11.9 Å². The first kappa shape index (κ1) is 17.4. The van der Waals surface area contributed by atoms with E-state index in [2.05, 4.69) is 15.6 Å². The summed E-state index contributed by atoms with van der Waals surface area (Å²) in [5, 5.41) is 17.7. The minimum absolute atomic E-state index is 0.254. The minimum Gasteiger partial charge on any atom is -0.386 e. The lowest BCUT2D eigenvalue weighted by Gasteiger charge is -2.15. The van der Waals surface area contributed by atoms with E-state index >= 15 is 0 Å². The Morgan fingerprint density at radius 2 is 1.92 bits per heavy atom. The first-order valence-electron chi connectivity index (χ1n) is 8.02. The number of thiophene rings is 1. The Hall–Kier alpha value is -2.44. The van der Waals surface area contributed by atoms with Crippen molar-refractivity contribution in [3.05, 3.63) is 70.9 Å². The molecule has 0 radical (unpaired) electrons. The maximum Gasteiger partial charge on any atom is 0.191 e. The van der Waals surface area contributed by atoms with Crippen LogP contribution >= 0.6 is 11.3 Å². The first-order chi connectivity index (χ1) is 12.2. The van der Waals surface area contributed by atoms with E-state index in [1.165, 1.54) is 6.07 Å². The van der Waals surface area contributed by atoms with Crippen LogP contribution in [-0.4, -0.2) is 24.7 Å². The Labute approximate surface area is 150 Å². The molecular formula is C19H20FN3OS. The van der Waals surface area contributed by atoms with E-state index in [0.717, 1.165) is 15.0 Å². The third-order valence-corrected chi connectivity index (χ3v) is 5.08. The molecule has 0 bridgehead atoms. The second-order valence-electron chi connectivity index (χ2n) is 5.60. The molecule has 1 atom stereocenters. The molecule has 0 amide bonds. The lowest BCUT2D eigenvalue weighted by atomic mass is 10.2. The van der Waals surface area contributed by atoms with Crippen LogP contribution in [0, 0.1) is 5.82 Å². The maximum absolute atomic E-state index is 13.6. The zero-order valence-electron chi connectivity index (χ0n) is 13.9. The van der Waals surface area contributed by atoms with E-state index in [1.54, 1.807) is 36.6 Å². The number of halogens is 1. The van der Waals surface area contributed by atoms with Gasteiger partial charge < -0.3 is 15.7 Å². The topological polar surface area (TPSA) is 56.7 Å². The summed E-state index contributed by atoms with van der Waals surface area (Å²) in [7, 11) is 1.64. The number of fused-ring (bicyclic) bond motifs is 1. The van der Waals surface area contributed by atoms with Crippen molar-refractivity contribution >= 4 is 27.4 Å². The van der Waals surface area contributed by atoms with Gasteiger partial charge in [-0.25, -0.2) is 4.39 Å². The average molecular weight is 357 g/mol. The molecule has 130 valence electrons. The Kier molecular flexibility index (Phi) is 5.63. The molecule has 4 nitrogen and oxygen atoms in total. The average Bonchev–Trinajstić information content (AvgIpc) is 3.07. The molecule has 1 unspecified atom stereocenters. The van der Waals surface area contributed by atoms with Crippen LogP contribution in [0.1, 0.15) is 16.5 Å². The molecule has 3 N–H and O–H groups in total. The molecule has 1 heterocycles. The van der Waals surface area contributed by atoms with Gasteiger partial charge in [0, 0.05) is 35.3 Å². The summed E-state index contributed by atoms with van der Waals surface area (Å²) in [6.07, 6.45) is -0.635. The molecule has 0 aliphatic carbocycles. The van der Waals surface area contributed by atoms with Crippen LogP contribution in [0.4, 0.5) is 4.39 Å². The largest absolute Gasteiger partial charge is 0.386 e. The molecular weight excluding hydrogens is 337 g/mol. The smallest absolute Gasteiger partial charge is 0.191 e. The van der Waals surface area contributed by atoms with E-state index in [9.17, 15) is 9.50 Å². The van der Waals surface area contributed by atoms with Crippen LogP contribution in [0.2, 0.25) is 0 Å². The standard InChI is InChI=1S/C19H20FN3OS/c1-21-19(22-11-14-7-2-4-8-15(14)20)23-12-16(24)18-10-13-6-3-5-9-17(13)25-18/h2-10,16,24H,11-12H2,1H3,(H2,21,22,23). The highest BCUT2D eigenvalue weighted by atomic mass is 32.1. The number of aliphatic hydroxyl groups excluding tert-OH is 1. The number of nitrogens with one attached hydrogen (secondary N) is 2. The third-order valence-electron chi connectivity index (χ3n) is 3.86. The van der Waals surface area contributed by atoms with Crippen LogP contribution in [0.3, 0.4) is 0 Å². The van der Waals surface area contributed by atoms with Crippen molar-refractivity contribution < 1.29 is 9.50 Å². The fraction of sp³-hybridized carbons (Fsp3) is 0.211. The van der Waals surface area contributed by atoms with Crippen molar-refractivity contribution in [3.63, 3.8) is 0 Å². The van der Waals surface area contributed by atoms with E-state index in [-0.39, 0.29) is 5.82 Å². The minimum atomic E-state index is -0.635. The van der Waals surface area contributed by atoms with E-state index in [4.69, 9.17) is 0 Å². The molecule has 2 aromatic carbocycles. The quantitative estimate of drug-likeness (QED) is 0.484. The highest BCUT2D eigenvalue weighted by Crippen LogP contribution is 2.29. The highest BCUT2D eigenvalue weighted by molar-refractivity contribution is 7.19. The molecule has 0 aliphatic rings. The Morgan fingerprint density at radius 3 is 2.68 bits per heavy atom. The van der Waals surface area contributed by atoms with E-state index in [1.807, 2.05) is 30.3 Å². The summed E-state index contributed by atoms with van der Waals surface area (Å²) < 4.78 is 14.8. The number of benzene rings is 2. The lowest BCUT2D eigenvalue weighted by molar-refractivity contribution is 0.184. The van der Waals surface area contributed by atoms with Gasteiger partial charge in [-0.3, -0.25) is 4.99 Å². The summed E-state index contributed by atoms with van der Waals surface area (Å²) in [5.74, 6) is 0.263. The summed E-state index contributed by atoms with van der Waals surface area (Å²) >= 11 is 1.58. The molecule has 6 heteroatoms. The zero-order chi connectivity index (χ0) is 17.6. The Morgan fingerprint density at radius 1 is 1.16 bits per heavy atom. The van der Waals surface area contributed by atoms with Gasteiger partial charge in [-0.15, -0.1) is 11.3 Å². The third kappa shape index (κ3) is 4.35. The number of hydrogen-bond acceptors (Lipinski definition) is 3. The monoisotopic (exact) mass is 357 g/mol. The number of aliphatic imine (C=N–C) groups is 1. The predicted octanol–water partition coefficient (Wildman–Crippen LogP) is 3.44. The SMILES string of the molecule is CN=C(NCc1ccccc1F)NCC(O)c1cc2ccccc2s1. The molecule has 0 aliphatic heterocycles. The maximum atomic E-state index is 13.6. The van der Waals surface area contributed by atoms with E-state index in [0.29, 0.717) is 24.6 Å². The van der Waals surface area contributed by atoms with Gasteiger partial charge in [-0.2, -0.15) is 0 Å². The highest BCUT2D eigenvalue weighted by Gasteiger charge is 2.12. The summed E-state index contributed by atoms with van der Waals surface area (Å²) in [5.41, 5.74) is 0.565. The second-order valence-corrected chi connectivity index (χ2v) is 6.72. The van der Waals surface area contributed by atoms with Crippen molar-refractivity contribution in [2.24, 2.45) is 4.99 Å². The van der Waals surface area contributed by atoms with Crippen LogP contribution < -0.4 is 10.6 Å². The number of guanidine groups is 1. The molecule has 3 rings (SSSR count). The fourth-order valence-corrected chi connectivity index (χ4v) is 3.55. The number of hydrogen-bond donors (Lipinski definition) is 3. The van der Waals surface area contributed by atoms with Gasteiger partial charge in [0.05, 0.1) is 0 Å². The van der Waals surface area contributed by atoms with Gasteiger partial charge in [-0.05, 0) is 23.6 Å². The van der Waals surface area contributed by atoms with Gasteiger partial charge in [0.15, 0.2) is 5.96 Å². The number of rotatable bonds is 5. The molecule has 1 aromatic heterocycles. The Balaban J connectivity index is 1.56. The van der Waals surface area contributed by atoms with Gasteiger partial charge in [-0.1, -0.05) is 36.4 Å². The van der Waals surface area contributed by atoms with Crippen molar-refractivity contribution in [1.29, 1.82) is 0 Å². The fourth-order valence-electron chi connectivity index (χ4n) is 2.50. The van der Waals surface area contributed by atoms with E-state index < -0.39 is 6.10 Å². The molecule has 25 heavy (non-hydrogen) atoms. The molecule has 0 saturated carbocycles. The van der Waals surface area contributed by atoms with Gasteiger partial charge in [0.25, 0.3) is 0 Å². The van der Waals surface area contributed by atoms with Gasteiger partial charge >= 0.3 is 0 Å². The normalized spacial score (nSPS) is 13.0. The van der Waals surface area contributed by atoms with Crippen molar-refractivity contribution in [2.75, 3.05) is 13.6 Å².